The second-order valence-electron chi connectivity index (χ2n) is 3.15. The summed E-state index contributed by atoms with van der Waals surface area (Å²) >= 11 is 5.87. The van der Waals surface area contributed by atoms with Gasteiger partial charge in [0.25, 0.3) is 0 Å². The van der Waals surface area contributed by atoms with E-state index in [0.29, 0.717) is 11.6 Å². The molecular weight excluding hydrogens is 186 g/mol. The molecule has 3 heteroatoms. The van der Waals surface area contributed by atoms with Gasteiger partial charge in [-0.25, -0.2) is 0 Å². The van der Waals surface area contributed by atoms with Crippen molar-refractivity contribution in [1.29, 1.82) is 0 Å². The first-order chi connectivity index (χ1) is 6.12. The Kier molecular flexibility index (Phi) is 3.31. The first kappa shape index (κ1) is 10.5. The van der Waals surface area contributed by atoms with Crippen LogP contribution in [-0.2, 0) is 10.3 Å². The summed E-state index contributed by atoms with van der Waals surface area (Å²) in [6.07, 6.45) is 0. The first-order valence-corrected chi connectivity index (χ1v) is 4.51. The highest BCUT2D eigenvalue weighted by molar-refractivity contribution is 6.30. The molecule has 0 aliphatic heterocycles. The van der Waals surface area contributed by atoms with E-state index >= 15 is 0 Å². The fourth-order valence-corrected chi connectivity index (χ4v) is 1.33. The highest BCUT2D eigenvalue weighted by Gasteiger charge is 2.23. The van der Waals surface area contributed by atoms with Gasteiger partial charge in [0.05, 0.1) is 0 Å². The highest BCUT2D eigenvalue weighted by atomic mass is 35.5. The third-order valence-electron chi connectivity index (χ3n) is 2.28. The van der Waals surface area contributed by atoms with Crippen LogP contribution in [-0.4, -0.2) is 13.7 Å². The predicted molar refractivity (Wildman–Crippen MR) is 54.9 cm³/mol. The molecule has 0 heterocycles. The van der Waals surface area contributed by atoms with E-state index in [4.69, 9.17) is 22.1 Å². The second kappa shape index (κ2) is 4.09. The number of methoxy groups -OCH3 is 1. The zero-order chi connectivity index (χ0) is 9.90. The zero-order valence-electron chi connectivity index (χ0n) is 7.88. The van der Waals surface area contributed by atoms with Crippen molar-refractivity contribution in [2.24, 2.45) is 5.73 Å². The van der Waals surface area contributed by atoms with Gasteiger partial charge in [-0.05, 0) is 24.6 Å². The van der Waals surface area contributed by atoms with Crippen molar-refractivity contribution in [3.05, 3.63) is 34.9 Å². The fourth-order valence-electron chi connectivity index (χ4n) is 1.14. The van der Waals surface area contributed by atoms with Crippen LogP contribution in [0.5, 0.6) is 0 Å². The summed E-state index contributed by atoms with van der Waals surface area (Å²) in [5.41, 5.74) is 6.20. The maximum Gasteiger partial charge on any atom is 0.102 e. The van der Waals surface area contributed by atoms with E-state index < -0.39 is 5.60 Å². The van der Waals surface area contributed by atoms with Gasteiger partial charge in [0, 0.05) is 18.7 Å². The average molecular weight is 200 g/mol. The fraction of sp³-hybridized carbons (Fsp3) is 0.400. The van der Waals surface area contributed by atoms with Gasteiger partial charge < -0.3 is 10.5 Å². The Hall–Kier alpha value is -0.570. The van der Waals surface area contributed by atoms with Crippen molar-refractivity contribution >= 4 is 11.6 Å². The Morgan fingerprint density at radius 1 is 1.54 bits per heavy atom. The lowest BCUT2D eigenvalue weighted by atomic mass is 9.96. The van der Waals surface area contributed by atoms with E-state index in [-0.39, 0.29) is 0 Å². The van der Waals surface area contributed by atoms with Gasteiger partial charge >= 0.3 is 0 Å². The maximum absolute atomic E-state index is 5.87. The van der Waals surface area contributed by atoms with E-state index in [1.807, 2.05) is 31.2 Å². The number of hydrogen-bond donors (Lipinski definition) is 1. The van der Waals surface area contributed by atoms with Gasteiger partial charge in [0.1, 0.15) is 5.60 Å². The molecule has 0 aliphatic carbocycles. The lowest BCUT2D eigenvalue weighted by Gasteiger charge is -2.26. The van der Waals surface area contributed by atoms with Gasteiger partial charge in [0.2, 0.25) is 0 Å². The minimum Gasteiger partial charge on any atom is -0.372 e. The van der Waals surface area contributed by atoms with Gasteiger partial charge in [-0.2, -0.15) is 0 Å². The molecule has 0 aliphatic rings. The smallest absolute Gasteiger partial charge is 0.102 e. The van der Waals surface area contributed by atoms with Crippen molar-refractivity contribution in [3.8, 4) is 0 Å². The molecule has 0 unspecified atom stereocenters. The predicted octanol–water partition coefficient (Wildman–Crippen LogP) is 2.16. The SMILES string of the molecule is CO[C@](C)(CN)c1cccc(Cl)c1. The van der Waals surface area contributed by atoms with Crippen LogP contribution in [0.15, 0.2) is 24.3 Å². The van der Waals surface area contributed by atoms with Crippen LogP contribution in [0.2, 0.25) is 5.02 Å². The minimum atomic E-state index is -0.440. The van der Waals surface area contributed by atoms with Crippen molar-refractivity contribution in [1.82, 2.24) is 0 Å². The summed E-state index contributed by atoms with van der Waals surface area (Å²) in [5, 5.41) is 0.703. The summed E-state index contributed by atoms with van der Waals surface area (Å²) in [7, 11) is 1.65. The first-order valence-electron chi connectivity index (χ1n) is 4.13. The summed E-state index contributed by atoms with van der Waals surface area (Å²) < 4.78 is 5.34. The Morgan fingerprint density at radius 2 is 2.23 bits per heavy atom. The molecule has 2 N–H and O–H groups in total. The van der Waals surface area contributed by atoms with E-state index in [0.717, 1.165) is 5.56 Å². The molecule has 0 bridgehead atoms. The molecular formula is C10H14ClNO. The topological polar surface area (TPSA) is 35.2 Å². The van der Waals surface area contributed by atoms with Gasteiger partial charge in [-0.3, -0.25) is 0 Å². The summed E-state index contributed by atoms with van der Waals surface area (Å²) in [6, 6.07) is 7.56. The zero-order valence-corrected chi connectivity index (χ0v) is 8.64. The third-order valence-corrected chi connectivity index (χ3v) is 2.51. The number of halogens is 1. The standard InChI is InChI=1S/C10H14ClNO/c1-10(7-12,13-2)8-4-3-5-9(11)6-8/h3-6H,7,12H2,1-2H3/t10-/m1/s1. The van der Waals surface area contributed by atoms with Gasteiger partial charge in [0.15, 0.2) is 0 Å². The van der Waals surface area contributed by atoms with Crippen molar-refractivity contribution < 1.29 is 4.74 Å². The molecule has 0 fully saturated rings. The molecule has 1 atom stereocenters. The Labute approximate surface area is 83.6 Å². The van der Waals surface area contributed by atoms with Gasteiger partial charge in [-0.1, -0.05) is 23.7 Å². The largest absolute Gasteiger partial charge is 0.372 e. The molecule has 0 aromatic heterocycles. The van der Waals surface area contributed by atoms with Gasteiger partial charge in [-0.15, -0.1) is 0 Å². The maximum atomic E-state index is 5.87. The normalized spacial score (nSPS) is 15.4. The van der Waals surface area contributed by atoms with Crippen LogP contribution >= 0.6 is 11.6 Å². The number of nitrogens with two attached hydrogens (primary N) is 1. The number of rotatable bonds is 3. The molecule has 1 aromatic carbocycles. The summed E-state index contributed by atoms with van der Waals surface area (Å²) in [5.74, 6) is 0. The molecule has 72 valence electrons. The summed E-state index contributed by atoms with van der Waals surface area (Å²) in [4.78, 5) is 0. The van der Waals surface area contributed by atoms with Crippen molar-refractivity contribution in [3.63, 3.8) is 0 Å². The molecule has 1 aromatic rings. The van der Waals surface area contributed by atoms with Crippen LogP contribution < -0.4 is 5.73 Å². The van der Waals surface area contributed by atoms with Crippen molar-refractivity contribution in [2.45, 2.75) is 12.5 Å². The van der Waals surface area contributed by atoms with Crippen molar-refractivity contribution in [2.75, 3.05) is 13.7 Å². The molecule has 13 heavy (non-hydrogen) atoms. The third kappa shape index (κ3) is 2.21. The van der Waals surface area contributed by atoms with E-state index in [9.17, 15) is 0 Å². The van der Waals surface area contributed by atoms with Crippen LogP contribution in [0.3, 0.4) is 0 Å². The number of ether oxygens (including phenoxy) is 1. The van der Waals surface area contributed by atoms with Crippen LogP contribution in [0.25, 0.3) is 0 Å². The van der Waals surface area contributed by atoms with E-state index in [1.165, 1.54) is 0 Å². The van der Waals surface area contributed by atoms with Crippen LogP contribution in [0.4, 0.5) is 0 Å². The van der Waals surface area contributed by atoms with Crippen LogP contribution in [0, 0.1) is 0 Å². The molecule has 0 amide bonds. The number of benzene rings is 1. The second-order valence-corrected chi connectivity index (χ2v) is 3.59. The monoisotopic (exact) mass is 199 g/mol. The Morgan fingerprint density at radius 3 is 2.69 bits per heavy atom. The molecule has 2 nitrogen and oxygen atoms in total. The molecule has 0 spiro atoms. The quantitative estimate of drug-likeness (QED) is 0.810. The average Bonchev–Trinajstić information content (AvgIpc) is 2.17. The molecule has 1 rings (SSSR count). The minimum absolute atomic E-state index is 0.434. The lowest BCUT2D eigenvalue weighted by molar-refractivity contribution is 0.0101. The summed E-state index contributed by atoms with van der Waals surface area (Å²) in [6.45, 7) is 2.38. The van der Waals surface area contributed by atoms with E-state index in [2.05, 4.69) is 0 Å². The Bertz CT molecular complexity index is 284. The molecule has 0 radical (unpaired) electrons. The molecule has 0 saturated heterocycles. The lowest BCUT2D eigenvalue weighted by Crippen LogP contribution is -2.33. The van der Waals surface area contributed by atoms with Crippen LogP contribution in [0.1, 0.15) is 12.5 Å². The Balaban J connectivity index is 3.05. The highest BCUT2D eigenvalue weighted by Crippen LogP contribution is 2.25. The van der Waals surface area contributed by atoms with E-state index in [1.54, 1.807) is 7.11 Å². The molecule has 0 saturated carbocycles. The number of hydrogen-bond acceptors (Lipinski definition) is 2.